The number of carbonyl (C=O) groups is 2. The lowest BCUT2D eigenvalue weighted by molar-refractivity contribution is -0.149. The first-order chi connectivity index (χ1) is 9.93. The van der Waals surface area contributed by atoms with Gasteiger partial charge in [-0.2, -0.15) is 0 Å². The molecule has 0 heterocycles. The molecule has 114 valence electrons. The van der Waals surface area contributed by atoms with E-state index in [9.17, 15) is 9.59 Å². The predicted molar refractivity (Wildman–Crippen MR) is 78.4 cm³/mol. The van der Waals surface area contributed by atoms with Crippen LogP contribution in [-0.2, 0) is 16.0 Å². The van der Waals surface area contributed by atoms with E-state index in [0.717, 1.165) is 29.7 Å². The lowest BCUT2D eigenvalue weighted by Gasteiger charge is -2.26. The van der Waals surface area contributed by atoms with Crippen molar-refractivity contribution < 1.29 is 19.4 Å². The average molecular weight is 291 g/mol. The number of amides is 1. The lowest BCUT2D eigenvalue weighted by Crippen LogP contribution is -2.45. The second-order valence-electron chi connectivity index (χ2n) is 5.53. The summed E-state index contributed by atoms with van der Waals surface area (Å²) < 4.78 is 5.25. The summed E-state index contributed by atoms with van der Waals surface area (Å²) in [6, 6.07) is 4.92. The molecule has 1 aromatic carbocycles. The number of carbonyl (C=O) groups excluding carboxylic acids is 1. The van der Waals surface area contributed by atoms with Gasteiger partial charge in [0.1, 0.15) is 11.8 Å². The molecular formula is C16H21NO4. The number of nitrogens with zero attached hydrogens (tertiary/aromatic N) is 1. The van der Waals surface area contributed by atoms with Crippen LogP contribution in [0.5, 0.6) is 5.75 Å². The summed E-state index contributed by atoms with van der Waals surface area (Å²) in [7, 11) is 1.59. The molecule has 5 nitrogen and oxygen atoms in total. The molecule has 1 unspecified atom stereocenters. The quantitative estimate of drug-likeness (QED) is 0.870. The average Bonchev–Trinajstić information content (AvgIpc) is 3.25. The van der Waals surface area contributed by atoms with Gasteiger partial charge in [-0.25, -0.2) is 4.79 Å². The zero-order valence-corrected chi connectivity index (χ0v) is 12.6. The fourth-order valence-electron chi connectivity index (χ4n) is 2.45. The molecule has 5 heteroatoms. The Balaban J connectivity index is 2.13. The Morgan fingerprint density at radius 1 is 1.43 bits per heavy atom. The van der Waals surface area contributed by atoms with Crippen LogP contribution in [0.2, 0.25) is 0 Å². The zero-order chi connectivity index (χ0) is 15.6. The normalized spacial score (nSPS) is 15.4. The molecule has 1 aliphatic rings. The van der Waals surface area contributed by atoms with Gasteiger partial charge in [-0.1, -0.05) is 12.1 Å². The molecule has 1 amide bonds. The number of rotatable bonds is 6. The third kappa shape index (κ3) is 3.54. The summed E-state index contributed by atoms with van der Waals surface area (Å²) in [5.41, 5.74) is 1.84. The van der Waals surface area contributed by atoms with Gasteiger partial charge in [0.15, 0.2) is 0 Å². The van der Waals surface area contributed by atoms with E-state index in [0.29, 0.717) is 0 Å². The Kier molecular flexibility index (Phi) is 4.50. The minimum atomic E-state index is -0.961. The minimum Gasteiger partial charge on any atom is -0.496 e. The summed E-state index contributed by atoms with van der Waals surface area (Å²) in [5, 5.41) is 9.15. The summed E-state index contributed by atoms with van der Waals surface area (Å²) in [6.07, 6.45) is 1.98. The van der Waals surface area contributed by atoms with E-state index in [1.165, 1.54) is 4.90 Å². The van der Waals surface area contributed by atoms with E-state index < -0.39 is 12.0 Å². The smallest absolute Gasteiger partial charge is 0.326 e. The van der Waals surface area contributed by atoms with Crippen molar-refractivity contribution >= 4 is 11.9 Å². The van der Waals surface area contributed by atoms with E-state index in [4.69, 9.17) is 9.84 Å². The maximum Gasteiger partial charge on any atom is 0.326 e. The van der Waals surface area contributed by atoms with Crippen molar-refractivity contribution in [2.24, 2.45) is 0 Å². The first kappa shape index (κ1) is 15.4. The van der Waals surface area contributed by atoms with Gasteiger partial charge in [0.25, 0.3) is 0 Å². The van der Waals surface area contributed by atoms with Gasteiger partial charge in [-0.05, 0) is 43.9 Å². The van der Waals surface area contributed by atoms with Gasteiger partial charge in [-0.15, -0.1) is 0 Å². The summed E-state index contributed by atoms with van der Waals surface area (Å²) >= 11 is 0. The Bertz CT molecular complexity index is 551. The number of carboxylic acids is 1. The van der Waals surface area contributed by atoms with Crippen molar-refractivity contribution in [3.8, 4) is 5.75 Å². The van der Waals surface area contributed by atoms with Gasteiger partial charge < -0.3 is 14.7 Å². The molecule has 0 aromatic heterocycles. The number of aliphatic carboxylic acids is 1. The number of hydrogen-bond acceptors (Lipinski definition) is 3. The number of aryl methyl sites for hydroxylation is 1. The van der Waals surface area contributed by atoms with Crippen molar-refractivity contribution in [3.05, 3.63) is 29.3 Å². The fraction of sp³-hybridized carbons (Fsp3) is 0.500. The molecule has 1 aromatic rings. The second-order valence-corrected chi connectivity index (χ2v) is 5.53. The summed E-state index contributed by atoms with van der Waals surface area (Å²) in [6.45, 7) is 3.50. The van der Waals surface area contributed by atoms with Gasteiger partial charge >= 0.3 is 5.97 Å². The molecule has 1 aliphatic carbocycles. The standard InChI is InChI=1S/C16H21NO4/c1-10-4-5-12(8-14(10)21-3)9-15(18)17(13-6-7-13)11(2)16(19)20/h4-5,8,11,13H,6-7,9H2,1-3H3,(H,19,20). The maximum atomic E-state index is 12.4. The Morgan fingerprint density at radius 2 is 2.10 bits per heavy atom. The molecule has 0 spiro atoms. The SMILES string of the molecule is COc1cc(CC(=O)N(C2CC2)C(C)C(=O)O)ccc1C. The summed E-state index contributed by atoms with van der Waals surface area (Å²) in [5.74, 6) is -0.361. The molecule has 0 saturated heterocycles. The monoisotopic (exact) mass is 291 g/mol. The van der Waals surface area contributed by atoms with Gasteiger partial charge in [0.2, 0.25) is 5.91 Å². The maximum absolute atomic E-state index is 12.4. The highest BCUT2D eigenvalue weighted by molar-refractivity contribution is 5.85. The zero-order valence-electron chi connectivity index (χ0n) is 12.6. The van der Waals surface area contributed by atoms with E-state index >= 15 is 0 Å². The second kappa shape index (κ2) is 6.16. The van der Waals surface area contributed by atoms with Crippen LogP contribution in [0.15, 0.2) is 18.2 Å². The Hall–Kier alpha value is -2.04. The fourth-order valence-corrected chi connectivity index (χ4v) is 2.45. The minimum absolute atomic E-state index is 0.0796. The van der Waals surface area contributed by atoms with E-state index in [-0.39, 0.29) is 18.4 Å². The van der Waals surface area contributed by atoms with Crippen LogP contribution in [0, 0.1) is 6.92 Å². The number of hydrogen-bond donors (Lipinski definition) is 1. The van der Waals surface area contributed by atoms with E-state index in [1.54, 1.807) is 14.0 Å². The van der Waals surface area contributed by atoms with E-state index in [2.05, 4.69) is 0 Å². The Labute approximate surface area is 124 Å². The largest absolute Gasteiger partial charge is 0.496 e. The predicted octanol–water partition coefficient (Wildman–Crippen LogP) is 2.01. The molecule has 2 rings (SSSR count). The highest BCUT2D eigenvalue weighted by atomic mass is 16.5. The molecule has 0 bridgehead atoms. The number of methoxy groups -OCH3 is 1. The van der Waals surface area contributed by atoms with Crippen LogP contribution < -0.4 is 4.74 Å². The molecule has 0 aliphatic heterocycles. The van der Waals surface area contributed by atoms with Crippen molar-refractivity contribution in [1.29, 1.82) is 0 Å². The van der Waals surface area contributed by atoms with Crippen LogP contribution in [0.1, 0.15) is 30.9 Å². The van der Waals surface area contributed by atoms with Crippen molar-refractivity contribution in [2.75, 3.05) is 7.11 Å². The van der Waals surface area contributed by atoms with Gasteiger partial charge in [-0.3, -0.25) is 4.79 Å². The van der Waals surface area contributed by atoms with Gasteiger partial charge in [0, 0.05) is 6.04 Å². The van der Waals surface area contributed by atoms with E-state index in [1.807, 2.05) is 25.1 Å². The van der Waals surface area contributed by atoms with Gasteiger partial charge in [0.05, 0.1) is 13.5 Å². The van der Waals surface area contributed by atoms with Crippen LogP contribution in [0.4, 0.5) is 0 Å². The molecular weight excluding hydrogens is 270 g/mol. The lowest BCUT2D eigenvalue weighted by atomic mass is 10.1. The Morgan fingerprint density at radius 3 is 2.62 bits per heavy atom. The molecule has 21 heavy (non-hydrogen) atoms. The summed E-state index contributed by atoms with van der Waals surface area (Å²) in [4.78, 5) is 25.1. The third-order valence-electron chi connectivity index (χ3n) is 3.83. The molecule has 1 fully saturated rings. The third-order valence-corrected chi connectivity index (χ3v) is 3.83. The molecule has 1 saturated carbocycles. The molecule has 1 N–H and O–H groups in total. The van der Waals surface area contributed by atoms with Crippen LogP contribution in [-0.4, -0.2) is 41.1 Å². The molecule has 0 radical (unpaired) electrons. The van der Waals surface area contributed by atoms with Crippen molar-refractivity contribution in [3.63, 3.8) is 0 Å². The topological polar surface area (TPSA) is 66.8 Å². The number of benzene rings is 1. The van der Waals surface area contributed by atoms with Crippen LogP contribution in [0.25, 0.3) is 0 Å². The highest BCUT2D eigenvalue weighted by Gasteiger charge is 2.38. The number of ether oxygens (including phenoxy) is 1. The molecule has 1 atom stereocenters. The number of carboxylic acid groups (broad SMARTS) is 1. The van der Waals surface area contributed by atoms with Crippen molar-refractivity contribution in [2.45, 2.75) is 45.2 Å². The van der Waals surface area contributed by atoms with Crippen molar-refractivity contribution in [1.82, 2.24) is 4.90 Å². The first-order valence-corrected chi connectivity index (χ1v) is 7.11. The van der Waals surface area contributed by atoms with Crippen LogP contribution in [0.3, 0.4) is 0 Å². The van der Waals surface area contributed by atoms with Crippen LogP contribution >= 0.6 is 0 Å². The highest BCUT2D eigenvalue weighted by Crippen LogP contribution is 2.30. The first-order valence-electron chi connectivity index (χ1n) is 7.11.